The Morgan fingerprint density at radius 3 is 2.29 bits per heavy atom. The van der Waals surface area contributed by atoms with Crippen molar-refractivity contribution >= 4 is 60.7 Å². The lowest BCUT2D eigenvalue weighted by atomic mass is 9.74. The van der Waals surface area contributed by atoms with Crippen molar-refractivity contribution in [2.75, 3.05) is 4.90 Å². The van der Waals surface area contributed by atoms with E-state index in [0.29, 0.717) is 6.04 Å². The van der Waals surface area contributed by atoms with Gasteiger partial charge in [0.15, 0.2) is 0 Å². The summed E-state index contributed by atoms with van der Waals surface area (Å²) >= 11 is 0. The predicted octanol–water partition coefficient (Wildman–Crippen LogP) is 12.7. The Bertz CT molecular complexity index is 2740. The monoisotopic (exact) mass is 671 g/mol. The van der Waals surface area contributed by atoms with Crippen LogP contribution >= 0.6 is 0 Å². The lowest BCUT2D eigenvalue weighted by Gasteiger charge is -2.38. The highest BCUT2D eigenvalue weighted by Gasteiger charge is 2.47. The Morgan fingerprint density at radius 1 is 0.654 bits per heavy atom. The van der Waals surface area contributed by atoms with Gasteiger partial charge in [-0.3, -0.25) is 0 Å². The minimum Gasteiger partial charge on any atom is -0.337 e. The molecule has 1 aliphatic heterocycles. The van der Waals surface area contributed by atoms with Gasteiger partial charge in [-0.2, -0.15) is 0 Å². The van der Waals surface area contributed by atoms with E-state index in [9.17, 15) is 0 Å². The maximum Gasteiger partial charge on any atom is 0.0782 e. The van der Waals surface area contributed by atoms with Crippen LogP contribution in [0.1, 0.15) is 55.7 Å². The molecule has 3 nitrogen and oxygen atoms in total. The first kappa shape index (κ1) is 29.9. The van der Waals surface area contributed by atoms with Gasteiger partial charge in [0.2, 0.25) is 0 Å². The molecule has 4 aliphatic rings. The van der Waals surface area contributed by atoms with E-state index in [2.05, 4.69) is 185 Å². The Hall–Kier alpha value is -5.80. The van der Waals surface area contributed by atoms with Gasteiger partial charge in [0.25, 0.3) is 0 Å². The van der Waals surface area contributed by atoms with Gasteiger partial charge >= 0.3 is 0 Å². The standard InChI is InChI=1S/C49H41N3/c1-49-31-14-13-28-46(49)50(45-27-12-8-23-41(45)49)35-19-15-16-33(32-35)36-20-5-9-24-42(36)52-44-26-11-7-22-38(44)40-30-29-39-37-21-6-10-25-43(37)51(47(39)48(40)52)34-17-3-2-4-18-34/h2-3,5-12,14-17,19-27,29-32,36,42,46H,4,13,18,28H2,1H3. The molecule has 52 heavy (non-hydrogen) atoms. The topological polar surface area (TPSA) is 13.1 Å². The van der Waals surface area contributed by atoms with Crippen LogP contribution in [0.15, 0.2) is 164 Å². The first-order valence-corrected chi connectivity index (χ1v) is 19.0. The summed E-state index contributed by atoms with van der Waals surface area (Å²) in [6.07, 6.45) is 25.4. The smallest absolute Gasteiger partial charge is 0.0782 e. The summed E-state index contributed by atoms with van der Waals surface area (Å²) in [7, 11) is 0. The fourth-order valence-corrected chi connectivity index (χ4v) is 10.2. The summed E-state index contributed by atoms with van der Waals surface area (Å²) < 4.78 is 5.25. The van der Waals surface area contributed by atoms with Gasteiger partial charge in [0.05, 0.1) is 22.6 Å². The normalized spacial score (nSPS) is 23.6. The van der Waals surface area contributed by atoms with Crippen LogP contribution < -0.4 is 4.90 Å². The zero-order valence-corrected chi connectivity index (χ0v) is 29.5. The Labute approximate surface area is 304 Å². The van der Waals surface area contributed by atoms with Gasteiger partial charge in [0, 0.05) is 61.5 Å². The summed E-state index contributed by atoms with van der Waals surface area (Å²) in [6.45, 7) is 2.43. The maximum atomic E-state index is 2.67. The van der Waals surface area contributed by atoms with Crippen molar-refractivity contribution < 1.29 is 0 Å². The van der Waals surface area contributed by atoms with Crippen LogP contribution in [0.3, 0.4) is 0 Å². The molecule has 0 spiro atoms. The van der Waals surface area contributed by atoms with Crippen LogP contribution in [0.2, 0.25) is 0 Å². The number of aromatic nitrogens is 2. The summed E-state index contributed by atoms with van der Waals surface area (Å²) in [4.78, 5) is 2.65. The van der Waals surface area contributed by atoms with Crippen LogP contribution in [0.4, 0.5) is 11.4 Å². The SMILES string of the molecule is CC12C=CCCC1N(c1cccc(C3C=CC=CC3n3c4ccccc4c4ccc5c6ccccc6n(C6=CC=CCC6)c5c43)c1)c1ccccc12. The molecule has 0 fully saturated rings. The van der Waals surface area contributed by atoms with Crippen molar-refractivity contribution in [2.45, 2.75) is 56.0 Å². The van der Waals surface area contributed by atoms with E-state index in [0.717, 1.165) is 25.7 Å². The summed E-state index contributed by atoms with van der Waals surface area (Å²) in [6, 6.07) is 41.8. The molecule has 11 rings (SSSR count). The molecule has 7 aromatic rings. The van der Waals surface area contributed by atoms with E-state index < -0.39 is 0 Å². The van der Waals surface area contributed by atoms with E-state index in [1.807, 2.05) is 0 Å². The summed E-state index contributed by atoms with van der Waals surface area (Å²) in [5.74, 6) is 0.157. The number of fused-ring (bicyclic) bond motifs is 10. The van der Waals surface area contributed by atoms with Gasteiger partial charge in [-0.15, -0.1) is 0 Å². The summed E-state index contributed by atoms with van der Waals surface area (Å²) in [5, 5.41) is 5.24. The largest absolute Gasteiger partial charge is 0.337 e. The number of para-hydroxylation sites is 3. The van der Waals surface area contributed by atoms with Crippen LogP contribution in [-0.2, 0) is 5.41 Å². The molecule has 4 unspecified atom stereocenters. The lowest BCUT2D eigenvalue weighted by molar-refractivity contribution is 0.441. The van der Waals surface area contributed by atoms with E-state index in [1.165, 1.54) is 71.8 Å². The highest BCUT2D eigenvalue weighted by atomic mass is 15.2. The van der Waals surface area contributed by atoms with Gasteiger partial charge < -0.3 is 14.0 Å². The van der Waals surface area contributed by atoms with Crippen LogP contribution in [-0.4, -0.2) is 15.2 Å². The number of nitrogens with zero attached hydrogens (tertiary/aromatic N) is 3. The van der Waals surface area contributed by atoms with E-state index in [-0.39, 0.29) is 17.4 Å². The fraction of sp³-hybridized carbons (Fsp3) is 0.184. The molecule has 0 saturated heterocycles. The van der Waals surface area contributed by atoms with Crippen molar-refractivity contribution in [1.29, 1.82) is 0 Å². The van der Waals surface area contributed by atoms with E-state index >= 15 is 0 Å². The summed E-state index contributed by atoms with van der Waals surface area (Å²) in [5.41, 5.74) is 12.0. The quantitative estimate of drug-likeness (QED) is 0.170. The molecule has 4 atom stereocenters. The van der Waals surface area contributed by atoms with Crippen molar-refractivity contribution in [3.05, 3.63) is 175 Å². The number of rotatable bonds is 4. The van der Waals surface area contributed by atoms with E-state index in [1.54, 1.807) is 0 Å². The van der Waals surface area contributed by atoms with E-state index in [4.69, 9.17) is 0 Å². The average molecular weight is 672 g/mol. The third-order valence-electron chi connectivity index (χ3n) is 12.5. The zero-order valence-electron chi connectivity index (χ0n) is 29.5. The number of hydrogen-bond donors (Lipinski definition) is 0. The van der Waals surface area contributed by atoms with Gasteiger partial charge in [-0.1, -0.05) is 127 Å². The third-order valence-corrected chi connectivity index (χ3v) is 12.5. The molecular weight excluding hydrogens is 631 g/mol. The Morgan fingerprint density at radius 2 is 1.42 bits per heavy atom. The first-order chi connectivity index (χ1) is 25.7. The minimum absolute atomic E-state index is 0.0111. The van der Waals surface area contributed by atoms with Crippen LogP contribution in [0.25, 0.3) is 49.3 Å². The minimum atomic E-state index is 0.0111. The third kappa shape index (κ3) is 4.14. The molecule has 0 saturated carbocycles. The van der Waals surface area contributed by atoms with Gasteiger partial charge in [-0.25, -0.2) is 0 Å². The second-order valence-corrected chi connectivity index (χ2v) is 15.3. The van der Waals surface area contributed by atoms with Gasteiger partial charge in [0.1, 0.15) is 0 Å². The molecule has 252 valence electrons. The van der Waals surface area contributed by atoms with Crippen molar-refractivity contribution in [1.82, 2.24) is 9.13 Å². The highest BCUT2D eigenvalue weighted by Crippen LogP contribution is 2.53. The van der Waals surface area contributed by atoms with Crippen LogP contribution in [0.5, 0.6) is 0 Å². The first-order valence-electron chi connectivity index (χ1n) is 19.0. The second kappa shape index (κ2) is 11.4. The highest BCUT2D eigenvalue weighted by molar-refractivity contribution is 6.23. The second-order valence-electron chi connectivity index (χ2n) is 15.3. The number of allylic oxidation sites excluding steroid dienone is 9. The predicted molar refractivity (Wildman–Crippen MR) is 220 cm³/mol. The maximum absolute atomic E-state index is 2.67. The molecule has 0 N–H and O–H groups in total. The molecule has 0 radical (unpaired) electrons. The lowest BCUT2D eigenvalue weighted by Crippen LogP contribution is -2.41. The zero-order chi connectivity index (χ0) is 34.4. The molecule has 0 amide bonds. The van der Waals surface area contributed by atoms with Crippen molar-refractivity contribution in [3.63, 3.8) is 0 Å². The molecule has 3 heterocycles. The molecule has 5 aromatic carbocycles. The molecule has 0 bridgehead atoms. The van der Waals surface area contributed by atoms with Crippen molar-refractivity contribution in [3.8, 4) is 0 Å². The number of anilines is 2. The Kier molecular flexibility index (Phi) is 6.52. The molecule has 2 aromatic heterocycles. The van der Waals surface area contributed by atoms with Gasteiger partial charge in [-0.05, 0) is 80.1 Å². The fourth-order valence-electron chi connectivity index (χ4n) is 10.2. The molecular formula is C49H41N3. The van der Waals surface area contributed by atoms with Crippen LogP contribution in [0, 0.1) is 0 Å². The molecule has 3 aliphatic carbocycles. The average Bonchev–Trinajstić information content (AvgIpc) is 3.82. The molecule has 3 heteroatoms. The number of benzene rings is 5. The Balaban J connectivity index is 1.14. The number of hydrogen-bond acceptors (Lipinski definition) is 1. The van der Waals surface area contributed by atoms with Crippen molar-refractivity contribution in [2.24, 2.45) is 0 Å².